The Bertz CT molecular complexity index is 1040. The van der Waals surface area contributed by atoms with Crippen molar-refractivity contribution in [3.05, 3.63) is 24.3 Å². The number of hydrogen-bond acceptors (Lipinski definition) is 5. The highest BCUT2D eigenvalue weighted by Crippen LogP contribution is 2.18. The van der Waals surface area contributed by atoms with Crippen molar-refractivity contribution in [2.45, 2.75) is 341 Å². The number of aliphatic hydroxyl groups is 2. The third-order valence-electron chi connectivity index (χ3n) is 14.0. The van der Waals surface area contributed by atoms with Gasteiger partial charge in [0.1, 0.15) is 0 Å². The molecule has 0 aliphatic rings. The van der Waals surface area contributed by atoms with Gasteiger partial charge < -0.3 is 20.3 Å². The van der Waals surface area contributed by atoms with E-state index in [-0.39, 0.29) is 18.5 Å². The van der Waals surface area contributed by atoms with Gasteiger partial charge in [0.25, 0.3) is 0 Å². The molecule has 0 aliphatic heterocycles. The zero-order chi connectivity index (χ0) is 48.6. The SMILES string of the molecule is CCCCCC/C=C\C/C=C\CCCCCCCCCC(=O)OCCCCCCCCCCCCCCCCCCCCCCCCC(=O)NC(CO)C(O)CCCCCCCCCCCC. The van der Waals surface area contributed by atoms with Crippen LogP contribution in [-0.2, 0) is 14.3 Å². The van der Waals surface area contributed by atoms with Crippen molar-refractivity contribution in [3.8, 4) is 0 Å². The van der Waals surface area contributed by atoms with Crippen LogP contribution in [0.5, 0.6) is 0 Å². The van der Waals surface area contributed by atoms with E-state index < -0.39 is 12.1 Å². The van der Waals surface area contributed by atoms with Gasteiger partial charge in [-0.3, -0.25) is 9.59 Å². The van der Waals surface area contributed by atoms with Crippen LogP contribution in [0, 0.1) is 0 Å². The van der Waals surface area contributed by atoms with E-state index in [0.29, 0.717) is 25.9 Å². The second kappa shape index (κ2) is 56.9. The summed E-state index contributed by atoms with van der Waals surface area (Å²) in [7, 11) is 0. The van der Waals surface area contributed by atoms with Gasteiger partial charge in [0.05, 0.1) is 25.4 Å². The number of rotatable bonds is 56. The first kappa shape index (κ1) is 65.3. The summed E-state index contributed by atoms with van der Waals surface area (Å²) >= 11 is 0. The fourth-order valence-corrected chi connectivity index (χ4v) is 9.38. The van der Waals surface area contributed by atoms with E-state index in [2.05, 4.69) is 43.5 Å². The first-order valence-electron chi connectivity index (χ1n) is 30.1. The maximum atomic E-state index is 12.4. The van der Waals surface area contributed by atoms with Crippen LogP contribution in [0.15, 0.2) is 24.3 Å². The molecule has 6 nitrogen and oxygen atoms in total. The zero-order valence-corrected chi connectivity index (χ0v) is 45.1. The molecule has 0 heterocycles. The van der Waals surface area contributed by atoms with Crippen LogP contribution in [-0.4, -0.2) is 47.4 Å². The molecule has 0 bridgehead atoms. The van der Waals surface area contributed by atoms with Gasteiger partial charge in [-0.05, 0) is 57.8 Å². The number of hydrogen-bond donors (Lipinski definition) is 3. The second-order valence-corrected chi connectivity index (χ2v) is 20.7. The molecule has 0 rings (SSSR count). The Morgan fingerprint density at radius 1 is 0.418 bits per heavy atom. The molecule has 396 valence electrons. The second-order valence-electron chi connectivity index (χ2n) is 20.7. The quantitative estimate of drug-likeness (QED) is 0.0321. The number of ether oxygens (including phenoxy) is 1. The molecule has 2 atom stereocenters. The maximum Gasteiger partial charge on any atom is 0.305 e. The van der Waals surface area contributed by atoms with Crippen molar-refractivity contribution in [2.24, 2.45) is 0 Å². The molecule has 0 saturated carbocycles. The number of aliphatic hydroxyl groups excluding tert-OH is 2. The molecule has 0 aromatic carbocycles. The molecule has 0 spiro atoms. The molecule has 1 amide bonds. The lowest BCUT2D eigenvalue weighted by atomic mass is 10.0. The third kappa shape index (κ3) is 53.5. The van der Waals surface area contributed by atoms with Crippen molar-refractivity contribution in [1.29, 1.82) is 0 Å². The summed E-state index contributed by atoms with van der Waals surface area (Å²) in [6.07, 6.45) is 69.0. The monoisotopic (exact) mass is 944 g/mol. The summed E-state index contributed by atoms with van der Waals surface area (Å²) < 4.78 is 5.49. The summed E-state index contributed by atoms with van der Waals surface area (Å²) in [5.74, 6) is -0.0300. The van der Waals surface area contributed by atoms with Gasteiger partial charge in [0.15, 0.2) is 0 Å². The van der Waals surface area contributed by atoms with Crippen LogP contribution in [0.2, 0.25) is 0 Å². The van der Waals surface area contributed by atoms with Crippen molar-refractivity contribution in [3.63, 3.8) is 0 Å². The molecule has 0 radical (unpaired) electrons. The van der Waals surface area contributed by atoms with Crippen LogP contribution in [0.25, 0.3) is 0 Å². The highest BCUT2D eigenvalue weighted by atomic mass is 16.5. The fourth-order valence-electron chi connectivity index (χ4n) is 9.38. The number of esters is 1. The van der Waals surface area contributed by atoms with E-state index in [0.717, 1.165) is 51.4 Å². The average molecular weight is 945 g/mol. The Labute approximate surface area is 418 Å². The lowest BCUT2D eigenvalue weighted by Crippen LogP contribution is -2.45. The minimum absolute atomic E-state index is 0.00609. The number of amides is 1. The number of carbonyl (C=O) groups is 2. The molecule has 0 aliphatic carbocycles. The zero-order valence-electron chi connectivity index (χ0n) is 45.1. The van der Waals surface area contributed by atoms with Gasteiger partial charge in [0, 0.05) is 12.8 Å². The number of carbonyl (C=O) groups excluding carboxylic acids is 2. The smallest absolute Gasteiger partial charge is 0.305 e. The Hall–Kier alpha value is -1.66. The van der Waals surface area contributed by atoms with Gasteiger partial charge in [-0.15, -0.1) is 0 Å². The standard InChI is InChI=1S/C61H117NO5/c1-3-5-7-9-11-13-15-16-17-18-26-29-32-35-39-43-47-51-55-61(66)67-56-52-48-44-40-36-33-30-27-24-22-20-19-21-23-25-28-31-34-38-42-46-50-54-60(65)62-58(57-63)59(64)53-49-45-41-37-14-12-10-8-6-4-2/h13,15,17-18,58-59,63-64H,3-12,14,16,19-57H2,1-2H3,(H,62,65)/b15-13-,18-17-. The van der Waals surface area contributed by atoms with Gasteiger partial charge >= 0.3 is 5.97 Å². The van der Waals surface area contributed by atoms with Gasteiger partial charge in [-0.2, -0.15) is 0 Å². The van der Waals surface area contributed by atoms with E-state index >= 15 is 0 Å². The number of nitrogens with one attached hydrogen (secondary N) is 1. The summed E-state index contributed by atoms with van der Waals surface area (Å²) in [6.45, 7) is 4.93. The summed E-state index contributed by atoms with van der Waals surface area (Å²) in [4.78, 5) is 24.5. The van der Waals surface area contributed by atoms with Crippen molar-refractivity contribution >= 4 is 11.9 Å². The Kier molecular flexibility index (Phi) is 55.5. The van der Waals surface area contributed by atoms with E-state index in [1.54, 1.807) is 0 Å². The molecule has 0 aromatic heterocycles. The molecule has 3 N–H and O–H groups in total. The largest absolute Gasteiger partial charge is 0.466 e. The molecule has 0 fully saturated rings. The fraction of sp³-hybridized carbons (Fsp3) is 0.902. The molecule has 2 unspecified atom stereocenters. The van der Waals surface area contributed by atoms with E-state index in [1.807, 2.05) is 0 Å². The number of unbranched alkanes of at least 4 members (excludes halogenated alkanes) is 41. The van der Waals surface area contributed by atoms with Crippen LogP contribution in [0.4, 0.5) is 0 Å². The van der Waals surface area contributed by atoms with Gasteiger partial charge in [0.2, 0.25) is 5.91 Å². The van der Waals surface area contributed by atoms with Crippen LogP contribution >= 0.6 is 0 Å². The normalized spacial score (nSPS) is 12.7. The molecule has 6 heteroatoms. The molecular weight excluding hydrogens is 827 g/mol. The van der Waals surface area contributed by atoms with Gasteiger partial charge in [-0.25, -0.2) is 0 Å². The molecule has 0 saturated heterocycles. The number of allylic oxidation sites excluding steroid dienone is 4. The van der Waals surface area contributed by atoms with Crippen molar-refractivity contribution in [1.82, 2.24) is 5.32 Å². The molecule has 67 heavy (non-hydrogen) atoms. The maximum absolute atomic E-state index is 12.4. The first-order chi connectivity index (χ1) is 33.0. The lowest BCUT2D eigenvalue weighted by Gasteiger charge is -2.22. The van der Waals surface area contributed by atoms with Crippen molar-refractivity contribution < 1.29 is 24.5 Å². The third-order valence-corrected chi connectivity index (χ3v) is 14.0. The average Bonchev–Trinajstić information content (AvgIpc) is 3.33. The topological polar surface area (TPSA) is 95.9 Å². The van der Waals surface area contributed by atoms with Crippen molar-refractivity contribution in [2.75, 3.05) is 13.2 Å². The minimum atomic E-state index is -0.662. The first-order valence-corrected chi connectivity index (χ1v) is 30.1. The summed E-state index contributed by atoms with van der Waals surface area (Å²) in [5.41, 5.74) is 0. The van der Waals surface area contributed by atoms with E-state index in [1.165, 1.54) is 244 Å². The summed E-state index contributed by atoms with van der Waals surface area (Å²) in [5, 5.41) is 23.1. The van der Waals surface area contributed by atoms with Crippen LogP contribution in [0.1, 0.15) is 328 Å². The Balaban J connectivity index is 3.35. The Morgan fingerprint density at radius 3 is 1.15 bits per heavy atom. The van der Waals surface area contributed by atoms with Crippen LogP contribution in [0.3, 0.4) is 0 Å². The van der Waals surface area contributed by atoms with Crippen LogP contribution < -0.4 is 5.32 Å². The predicted octanol–water partition coefficient (Wildman–Crippen LogP) is 18.6. The molecular formula is C61H117NO5. The Morgan fingerprint density at radius 2 is 0.746 bits per heavy atom. The summed E-state index contributed by atoms with van der Waals surface area (Å²) in [6, 6.07) is -0.540. The highest BCUT2D eigenvalue weighted by molar-refractivity contribution is 5.76. The minimum Gasteiger partial charge on any atom is -0.466 e. The van der Waals surface area contributed by atoms with Gasteiger partial charge in [-0.1, -0.05) is 282 Å². The lowest BCUT2D eigenvalue weighted by molar-refractivity contribution is -0.143. The van der Waals surface area contributed by atoms with E-state index in [4.69, 9.17) is 4.74 Å². The molecule has 0 aromatic rings. The highest BCUT2D eigenvalue weighted by Gasteiger charge is 2.20. The van der Waals surface area contributed by atoms with E-state index in [9.17, 15) is 19.8 Å². The predicted molar refractivity (Wildman–Crippen MR) is 292 cm³/mol.